The van der Waals surface area contributed by atoms with Crippen LogP contribution in [-0.4, -0.2) is 37.1 Å². The summed E-state index contributed by atoms with van der Waals surface area (Å²) >= 11 is 0. The summed E-state index contributed by atoms with van der Waals surface area (Å²) in [6, 6.07) is 7.86. The molecule has 2 N–H and O–H groups in total. The summed E-state index contributed by atoms with van der Waals surface area (Å²) in [7, 11) is 1.39. The standard InChI is InChI=1S/C15H20N2O2/c1-19-15(18)13-7-5-12(6-8-13)11-17-9-3-2-4-14(17)10-16/h2,4-8,14H,3,9-11,16H2,1H3. The van der Waals surface area contributed by atoms with Crippen molar-refractivity contribution in [3.05, 3.63) is 47.5 Å². The van der Waals surface area contributed by atoms with Crippen LogP contribution in [0, 0.1) is 0 Å². The molecular formula is C15H20N2O2. The quantitative estimate of drug-likeness (QED) is 0.659. The van der Waals surface area contributed by atoms with E-state index in [-0.39, 0.29) is 5.97 Å². The number of hydrogen-bond donors (Lipinski definition) is 1. The molecule has 19 heavy (non-hydrogen) atoms. The second kappa shape index (κ2) is 6.50. The summed E-state index contributed by atoms with van der Waals surface area (Å²) < 4.78 is 4.69. The molecule has 1 atom stereocenters. The summed E-state index contributed by atoms with van der Waals surface area (Å²) in [6.07, 6.45) is 5.43. The highest BCUT2D eigenvalue weighted by molar-refractivity contribution is 5.89. The monoisotopic (exact) mass is 260 g/mol. The number of hydrogen-bond acceptors (Lipinski definition) is 4. The van der Waals surface area contributed by atoms with Crippen LogP contribution in [0.3, 0.4) is 0 Å². The largest absolute Gasteiger partial charge is 0.465 e. The predicted molar refractivity (Wildman–Crippen MR) is 74.8 cm³/mol. The molecule has 0 amide bonds. The predicted octanol–water partition coefficient (Wildman–Crippen LogP) is 1.56. The van der Waals surface area contributed by atoms with Gasteiger partial charge in [0, 0.05) is 25.7 Å². The van der Waals surface area contributed by atoms with Crippen LogP contribution in [0.5, 0.6) is 0 Å². The highest BCUT2D eigenvalue weighted by Gasteiger charge is 2.17. The van der Waals surface area contributed by atoms with Gasteiger partial charge in [0.2, 0.25) is 0 Å². The summed E-state index contributed by atoms with van der Waals surface area (Å²) in [6.45, 7) is 2.52. The smallest absolute Gasteiger partial charge is 0.337 e. The molecule has 1 aromatic carbocycles. The Morgan fingerprint density at radius 3 is 2.79 bits per heavy atom. The van der Waals surface area contributed by atoms with Crippen molar-refractivity contribution in [1.29, 1.82) is 0 Å². The summed E-state index contributed by atoms with van der Waals surface area (Å²) in [4.78, 5) is 13.7. The third-order valence-corrected chi connectivity index (χ3v) is 3.41. The van der Waals surface area contributed by atoms with Crippen molar-refractivity contribution in [3.63, 3.8) is 0 Å². The number of carbonyl (C=O) groups is 1. The minimum atomic E-state index is -0.299. The minimum absolute atomic E-state index is 0.299. The molecule has 0 bridgehead atoms. The number of methoxy groups -OCH3 is 1. The molecule has 102 valence electrons. The van der Waals surface area contributed by atoms with Crippen LogP contribution in [0.25, 0.3) is 0 Å². The lowest BCUT2D eigenvalue weighted by Gasteiger charge is -2.31. The highest BCUT2D eigenvalue weighted by atomic mass is 16.5. The van der Waals surface area contributed by atoms with Crippen LogP contribution in [0.1, 0.15) is 22.3 Å². The van der Waals surface area contributed by atoms with E-state index in [0.29, 0.717) is 18.2 Å². The molecule has 1 aliphatic heterocycles. The number of nitrogens with zero attached hydrogens (tertiary/aromatic N) is 1. The van der Waals surface area contributed by atoms with Gasteiger partial charge in [-0.2, -0.15) is 0 Å². The number of benzene rings is 1. The van der Waals surface area contributed by atoms with Crippen LogP contribution in [-0.2, 0) is 11.3 Å². The first-order valence-electron chi connectivity index (χ1n) is 6.52. The van der Waals surface area contributed by atoms with Gasteiger partial charge in [0.25, 0.3) is 0 Å². The number of rotatable bonds is 4. The second-order valence-electron chi connectivity index (χ2n) is 4.68. The zero-order chi connectivity index (χ0) is 13.7. The van der Waals surface area contributed by atoms with E-state index in [1.165, 1.54) is 12.7 Å². The molecule has 1 unspecified atom stereocenters. The molecule has 1 aromatic rings. The minimum Gasteiger partial charge on any atom is -0.465 e. The van der Waals surface area contributed by atoms with E-state index in [1.807, 2.05) is 12.1 Å². The third kappa shape index (κ3) is 3.43. The lowest BCUT2D eigenvalue weighted by molar-refractivity contribution is 0.0600. The first-order valence-corrected chi connectivity index (χ1v) is 6.52. The Morgan fingerprint density at radius 1 is 1.42 bits per heavy atom. The van der Waals surface area contributed by atoms with Gasteiger partial charge in [-0.3, -0.25) is 4.90 Å². The molecule has 0 radical (unpaired) electrons. The molecule has 0 aromatic heterocycles. The normalized spacial score (nSPS) is 19.4. The topological polar surface area (TPSA) is 55.6 Å². The van der Waals surface area contributed by atoms with Crippen LogP contribution >= 0.6 is 0 Å². The van der Waals surface area contributed by atoms with Crippen LogP contribution < -0.4 is 5.73 Å². The van der Waals surface area contributed by atoms with Gasteiger partial charge < -0.3 is 10.5 Å². The van der Waals surface area contributed by atoms with Crippen molar-refractivity contribution in [1.82, 2.24) is 4.90 Å². The maximum absolute atomic E-state index is 11.4. The number of esters is 1. The SMILES string of the molecule is COC(=O)c1ccc(CN2CCC=CC2CN)cc1. The summed E-state index contributed by atoms with van der Waals surface area (Å²) in [5.41, 5.74) is 7.54. The van der Waals surface area contributed by atoms with Gasteiger partial charge in [0.05, 0.1) is 12.7 Å². The fourth-order valence-corrected chi connectivity index (χ4v) is 2.30. The Balaban J connectivity index is 2.03. The van der Waals surface area contributed by atoms with Crippen molar-refractivity contribution in [2.75, 3.05) is 20.2 Å². The first kappa shape index (κ1) is 13.8. The molecule has 2 rings (SSSR count). The molecule has 0 fully saturated rings. The van der Waals surface area contributed by atoms with Gasteiger partial charge in [0.15, 0.2) is 0 Å². The fraction of sp³-hybridized carbons (Fsp3) is 0.400. The molecule has 0 saturated heterocycles. The van der Waals surface area contributed by atoms with Crippen molar-refractivity contribution in [2.24, 2.45) is 5.73 Å². The molecule has 0 spiro atoms. The van der Waals surface area contributed by atoms with E-state index in [0.717, 1.165) is 19.5 Å². The van der Waals surface area contributed by atoms with Gasteiger partial charge in [-0.25, -0.2) is 4.79 Å². The highest BCUT2D eigenvalue weighted by Crippen LogP contribution is 2.14. The van der Waals surface area contributed by atoms with Gasteiger partial charge >= 0.3 is 5.97 Å². The summed E-state index contributed by atoms with van der Waals surface area (Å²) in [5.74, 6) is -0.299. The van der Waals surface area contributed by atoms with Crippen LogP contribution in [0.4, 0.5) is 0 Å². The van der Waals surface area contributed by atoms with Crippen molar-refractivity contribution in [2.45, 2.75) is 19.0 Å². The first-order chi connectivity index (χ1) is 9.24. The molecule has 1 aliphatic rings. The van der Waals surface area contributed by atoms with Crippen molar-refractivity contribution >= 4 is 5.97 Å². The molecule has 0 saturated carbocycles. The maximum Gasteiger partial charge on any atom is 0.337 e. The zero-order valence-electron chi connectivity index (χ0n) is 11.2. The van der Waals surface area contributed by atoms with Crippen molar-refractivity contribution < 1.29 is 9.53 Å². The lowest BCUT2D eigenvalue weighted by Crippen LogP contribution is -2.41. The second-order valence-corrected chi connectivity index (χ2v) is 4.68. The van der Waals surface area contributed by atoms with E-state index >= 15 is 0 Å². The third-order valence-electron chi connectivity index (χ3n) is 3.41. The van der Waals surface area contributed by atoms with Crippen LogP contribution in [0.2, 0.25) is 0 Å². The Hall–Kier alpha value is -1.65. The fourth-order valence-electron chi connectivity index (χ4n) is 2.30. The van der Waals surface area contributed by atoms with E-state index in [9.17, 15) is 4.79 Å². The number of carbonyl (C=O) groups excluding carboxylic acids is 1. The molecule has 4 nitrogen and oxygen atoms in total. The van der Waals surface area contributed by atoms with E-state index in [2.05, 4.69) is 21.8 Å². The Kier molecular flexibility index (Phi) is 4.71. The molecular weight excluding hydrogens is 240 g/mol. The Labute approximate surface area is 113 Å². The van der Waals surface area contributed by atoms with Crippen LogP contribution in [0.15, 0.2) is 36.4 Å². The molecule has 1 heterocycles. The van der Waals surface area contributed by atoms with Gasteiger partial charge in [0.1, 0.15) is 0 Å². The van der Waals surface area contributed by atoms with E-state index in [1.54, 1.807) is 12.1 Å². The number of nitrogens with two attached hydrogens (primary N) is 1. The van der Waals surface area contributed by atoms with Gasteiger partial charge in [-0.15, -0.1) is 0 Å². The van der Waals surface area contributed by atoms with Gasteiger partial charge in [-0.05, 0) is 24.1 Å². The van der Waals surface area contributed by atoms with E-state index < -0.39 is 0 Å². The van der Waals surface area contributed by atoms with Gasteiger partial charge in [-0.1, -0.05) is 24.3 Å². The zero-order valence-corrected chi connectivity index (χ0v) is 11.2. The molecule has 4 heteroatoms. The Morgan fingerprint density at radius 2 is 2.16 bits per heavy atom. The van der Waals surface area contributed by atoms with E-state index in [4.69, 9.17) is 5.73 Å². The lowest BCUT2D eigenvalue weighted by atomic mass is 10.1. The maximum atomic E-state index is 11.4. The summed E-state index contributed by atoms with van der Waals surface area (Å²) in [5, 5.41) is 0. The van der Waals surface area contributed by atoms with Crippen molar-refractivity contribution in [3.8, 4) is 0 Å². The average Bonchev–Trinajstić information content (AvgIpc) is 2.48. The Bertz CT molecular complexity index is 454. The number of ether oxygens (including phenoxy) is 1. The average molecular weight is 260 g/mol. The molecule has 0 aliphatic carbocycles.